The molecule has 9 heteroatoms. The van der Waals surface area contributed by atoms with E-state index in [9.17, 15) is 14.9 Å². The van der Waals surface area contributed by atoms with Gasteiger partial charge in [0.1, 0.15) is 5.75 Å². The van der Waals surface area contributed by atoms with Crippen LogP contribution in [0.15, 0.2) is 36.4 Å². The van der Waals surface area contributed by atoms with Gasteiger partial charge in [0.2, 0.25) is 0 Å². The van der Waals surface area contributed by atoms with Crippen molar-refractivity contribution in [2.24, 2.45) is 0 Å². The number of carbonyl (C=O) groups excluding carboxylic acids is 1. The average molecular weight is 457 g/mol. The summed E-state index contributed by atoms with van der Waals surface area (Å²) in [7, 11) is 0. The summed E-state index contributed by atoms with van der Waals surface area (Å²) < 4.78 is 6.51. The molecule has 0 bridgehead atoms. The van der Waals surface area contributed by atoms with Crippen molar-refractivity contribution in [1.82, 2.24) is 9.88 Å². The zero-order chi connectivity index (χ0) is 23.3. The number of amides is 1. The van der Waals surface area contributed by atoms with Gasteiger partial charge in [-0.2, -0.15) is 0 Å². The maximum absolute atomic E-state index is 13.6. The lowest BCUT2D eigenvalue weighted by atomic mass is 10.1. The average Bonchev–Trinajstić information content (AvgIpc) is 3.19. The highest BCUT2D eigenvalue weighted by molar-refractivity contribution is 7.22. The van der Waals surface area contributed by atoms with E-state index in [4.69, 9.17) is 9.72 Å². The number of rotatable bonds is 10. The van der Waals surface area contributed by atoms with Gasteiger partial charge in [0, 0.05) is 30.3 Å². The van der Waals surface area contributed by atoms with Crippen molar-refractivity contribution in [2.75, 3.05) is 37.7 Å². The van der Waals surface area contributed by atoms with E-state index in [1.165, 1.54) is 17.4 Å². The second-order valence-corrected chi connectivity index (χ2v) is 8.26. The fraction of sp³-hybridized carbons (Fsp3) is 0.391. The zero-order valence-corrected chi connectivity index (χ0v) is 19.6. The molecule has 3 rings (SSSR count). The van der Waals surface area contributed by atoms with Crippen LogP contribution in [0.5, 0.6) is 5.75 Å². The van der Waals surface area contributed by atoms with E-state index < -0.39 is 4.92 Å². The predicted octanol–water partition coefficient (Wildman–Crippen LogP) is 4.90. The number of hydrogen-bond acceptors (Lipinski definition) is 7. The summed E-state index contributed by atoms with van der Waals surface area (Å²) in [5.41, 5.74) is 1.39. The Balaban J connectivity index is 2.02. The molecule has 0 saturated heterocycles. The number of ether oxygens (including phenoxy) is 1. The number of likely N-dealkylation sites (N-methyl/N-ethyl adjacent to an activating group) is 1. The molecule has 0 unspecified atom stereocenters. The molecule has 0 fully saturated rings. The maximum Gasteiger partial charge on any atom is 0.273 e. The molecule has 1 aromatic heterocycles. The first-order valence-corrected chi connectivity index (χ1v) is 11.5. The Kier molecular flexibility index (Phi) is 7.76. The fourth-order valence-electron chi connectivity index (χ4n) is 3.53. The molecule has 0 radical (unpaired) electrons. The van der Waals surface area contributed by atoms with Gasteiger partial charge in [-0.05, 0) is 51.2 Å². The third-order valence-corrected chi connectivity index (χ3v) is 6.44. The van der Waals surface area contributed by atoms with E-state index in [2.05, 4.69) is 18.7 Å². The number of fused-ring (bicyclic) bond motifs is 1. The summed E-state index contributed by atoms with van der Waals surface area (Å²) >= 11 is 1.41. The highest BCUT2D eigenvalue weighted by Crippen LogP contribution is 2.33. The molecule has 3 aromatic rings. The van der Waals surface area contributed by atoms with Gasteiger partial charge in [-0.15, -0.1) is 0 Å². The van der Waals surface area contributed by atoms with Crippen molar-refractivity contribution in [1.29, 1.82) is 0 Å². The molecule has 1 amide bonds. The SMILES string of the molecule is CCOc1ccc2nc(N(CCN(CC)CC)C(=O)c3cccc([N+](=O)[O-])c3C)sc2c1. The predicted molar refractivity (Wildman–Crippen MR) is 128 cm³/mol. The van der Waals surface area contributed by atoms with Crippen LogP contribution < -0.4 is 9.64 Å². The first-order chi connectivity index (χ1) is 15.4. The summed E-state index contributed by atoms with van der Waals surface area (Å²) in [5, 5.41) is 11.9. The van der Waals surface area contributed by atoms with Gasteiger partial charge in [0.05, 0.1) is 21.7 Å². The van der Waals surface area contributed by atoms with Crippen molar-refractivity contribution in [2.45, 2.75) is 27.7 Å². The van der Waals surface area contributed by atoms with Crippen molar-refractivity contribution < 1.29 is 14.5 Å². The minimum absolute atomic E-state index is 0.0646. The number of anilines is 1. The minimum atomic E-state index is -0.459. The molecule has 0 N–H and O–H groups in total. The number of nitrogens with zero attached hydrogens (tertiary/aromatic N) is 4. The Morgan fingerprint density at radius 2 is 1.91 bits per heavy atom. The molecule has 0 atom stereocenters. The third-order valence-electron chi connectivity index (χ3n) is 5.40. The number of aromatic nitrogens is 1. The van der Waals surface area contributed by atoms with Crippen LogP contribution in [0.2, 0.25) is 0 Å². The number of nitro groups is 1. The van der Waals surface area contributed by atoms with E-state index in [0.29, 0.717) is 36.0 Å². The van der Waals surface area contributed by atoms with Crippen molar-refractivity contribution >= 4 is 38.3 Å². The monoisotopic (exact) mass is 456 g/mol. The van der Waals surface area contributed by atoms with Crippen LogP contribution in [0.25, 0.3) is 10.2 Å². The summed E-state index contributed by atoms with van der Waals surface area (Å²) in [6, 6.07) is 10.3. The summed E-state index contributed by atoms with van der Waals surface area (Å²) in [5.74, 6) is 0.466. The molecule has 0 aliphatic heterocycles. The molecule has 8 nitrogen and oxygen atoms in total. The highest BCUT2D eigenvalue weighted by Gasteiger charge is 2.26. The number of carbonyl (C=O) groups is 1. The molecule has 0 aliphatic carbocycles. The topological polar surface area (TPSA) is 88.8 Å². The van der Waals surface area contributed by atoms with Crippen molar-refractivity contribution in [3.63, 3.8) is 0 Å². The van der Waals surface area contributed by atoms with Crippen LogP contribution in [0.1, 0.15) is 36.7 Å². The zero-order valence-electron chi connectivity index (χ0n) is 18.8. The first-order valence-electron chi connectivity index (χ1n) is 10.7. The molecule has 2 aromatic carbocycles. The Morgan fingerprint density at radius 1 is 1.16 bits per heavy atom. The van der Waals surface area contributed by atoms with Crippen LogP contribution in [0, 0.1) is 17.0 Å². The summed E-state index contributed by atoms with van der Waals surface area (Å²) in [6.45, 7) is 11.1. The van der Waals surface area contributed by atoms with Crippen LogP contribution in [-0.4, -0.2) is 53.5 Å². The van der Waals surface area contributed by atoms with Gasteiger partial charge in [-0.3, -0.25) is 19.8 Å². The van der Waals surface area contributed by atoms with E-state index >= 15 is 0 Å². The van der Waals surface area contributed by atoms with Crippen molar-refractivity contribution in [3.8, 4) is 5.75 Å². The lowest BCUT2D eigenvalue weighted by Gasteiger charge is -2.25. The molecule has 32 heavy (non-hydrogen) atoms. The maximum atomic E-state index is 13.6. The van der Waals surface area contributed by atoms with Crippen LogP contribution >= 0.6 is 11.3 Å². The number of benzene rings is 2. The normalized spacial score (nSPS) is 11.2. The molecule has 0 saturated carbocycles. The number of nitro benzene ring substituents is 1. The molecule has 0 aliphatic rings. The fourth-order valence-corrected chi connectivity index (χ4v) is 4.55. The van der Waals surface area contributed by atoms with Gasteiger partial charge >= 0.3 is 0 Å². The molecule has 170 valence electrons. The molecular formula is C23H28N4O4S. The van der Waals surface area contributed by atoms with E-state index in [1.54, 1.807) is 24.0 Å². The smallest absolute Gasteiger partial charge is 0.273 e. The standard InChI is InChI=1S/C23H28N4O4S/c1-5-25(6-2)13-14-26(22(28)18-9-8-10-20(16(18)4)27(29)30)23-24-19-12-11-17(31-7-3)15-21(19)32-23/h8-12,15H,5-7,13-14H2,1-4H3. The Morgan fingerprint density at radius 3 is 2.56 bits per heavy atom. The van der Waals surface area contributed by atoms with Gasteiger partial charge in [-0.25, -0.2) is 4.98 Å². The minimum Gasteiger partial charge on any atom is -0.494 e. The second-order valence-electron chi connectivity index (χ2n) is 7.25. The summed E-state index contributed by atoms with van der Waals surface area (Å²) in [4.78, 5) is 33.1. The van der Waals surface area contributed by atoms with E-state index in [-0.39, 0.29) is 11.6 Å². The largest absolute Gasteiger partial charge is 0.494 e. The first kappa shape index (κ1) is 23.6. The lowest BCUT2D eigenvalue weighted by Crippen LogP contribution is -2.39. The van der Waals surface area contributed by atoms with Crippen molar-refractivity contribution in [3.05, 3.63) is 57.6 Å². The quantitative estimate of drug-likeness (QED) is 0.318. The second kappa shape index (κ2) is 10.5. The van der Waals surface area contributed by atoms with E-state index in [1.807, 2.05) is 25.1 Å². The number of hydrogen-bond donors (Lipinski definition) is 0. The Hall–Kier alpha value is -3.04. The van der Waals surface area contributed by atoms with Crippen LogP contribution in [-0.2, 0) is 0 Å². The molecule has 1 heterocycles. The van der Waals surface area contributed by atoms with Gasteiger partial charge < -0.3 is 9.64 Å². The van der Waals surface area contributed by atoms with Crippen LogP contribution in [0.4, 0.5) is 10.8 Å². The Labute approximate surface area is 191 Å². The van der Waals surface area contributed by atoms with Gasteiger partial charge in [-0.1, -0.05) is 31.3 Å². The third kappa shape index (κ3) is 5.05. The lowest BCUT2D eigenvalue weighted by molar-refractivity contribution is -0.385. The highest BCUT2D eigenvalue weighted by atomic mass is 32.1. The summed E-state index contributed by atoms with van der Waals surface area (Å²) in [6.07, 6.45) is 0. The van der Waals surface area contributed by atoms with Gasteiger partial charge in [0.25, 0.3) is 11.6 Å². The molecular weight excluding hydrogens is 428 g/mol. The van der Waals surface area contributed by atoms with Crippen LogP contribution in [0.3, 0.4) is 0 Å². The Bertz CT molecular complexity index is 1110. The molecule has 0 spiro atoms. The van der Waals surface area contributed by atoms with Gasteiger partial charge in [0.15, 0.2) is 5.13 Å². The number of thiazole rings is 1. The van der Waals surface area contributed by atoms with E-state index in [0.717, 1.165) is 29.1 Å².